The van der Waals surface area contributed by atoms with Crippen LogP contribution in [0, 0.1) is 0 Å². The van der Waals surface area contributed by atoms with Gasteiger partial charge in [-0.1, -0.05) is 23.7 Å². The fraction of sp³-hybridized carbons (Fsp3) is 0.222. The molecular weight excluding hydrogens is 190 g/mol. The fourth-order valence-electron chi connectivity index (χ4n) is 0.964. The van der Waals surface area contributed by atoms with Crippen molar-refractivity contribution >= 4 is 23.3 Å². The number of carbonyl (C=O) groups excluding carboxylic acids is 1. The molecule has 1 aromatic carbocycles. The quantitative estimate of drug-likeness (QED) is 0.582. The molecule has 1 rings (SSSR count). The highest BCUT2D eigenvalue weighted by Gasteiger charge is 2.08. The van der Waals surface area contributed by atoms with Gasteiger partial charge in [0.1, 0.15) is 0 Å². The van der Waals surface area contributed by atoms with Crippen molar-refractivity contribution in [3.8, 4) is 0 Å². The van der Waals surface area contributed by atoms with Crippen LogP contribution >= 0.6 is 11.6 Å². The number of hydrogen-bond acceptors (Lipinski definition) is 3. The molecule has 4 heteroatoms. The first-order valence-electron chi connectivity index (χ1n) is 3.75. The summed E-state index contributed by atoms with van der Waals surface area (Å²) in [7, 11) is 1.34. The van der Waals surface area contributed by atoms with Crippen LogP contribution in [0.25, 0.3) is 0 Å². The number of hydrogen-bond donors (Lipinski definition) is 1. The molecule has 3 nitrogen and oxygen atoms in total. The minimum absolute atomic E-state index is 0.153. The molecule has 0 fully saturated rings. The Balaban J connectivity index is 2.89. The Labute approximate surface area is 81.4 Å². The van der Waals surface area contributed by atoms with Crippen LogP contribution in [-0.4, -0.2) is 13.1 Å². The summed E-state index contributed by atoms with van der Waals surface area (Å²) in [5.74, 6) is -0.326. The van der Waals surface area contributed by atoms with Crippen molar-refractivity contribution in [1.29, 1.82) is 0 Å². The second kappa shape index (κ2) is 4.14. The maximum absolute atomic E-state index is 10.9. The summed E-state index contributed by atoms with van der Waals surface area (Å²) in [4.78, 5) is 10.9. The smallest absolute Gasteiger partial charge is 0.310 e. The van der Waals surface area contributed by atoms with E-state index in [1.54, 1.807) is 18.2 Å². The Morgan fingerprint density at radius 1 is 1.62 bits per heavy atom. The Morgan fingerprint density at radius 3 is 2.92 bits per heavy atom. The molecule has 0 saturated carbocycles. The summed E-state index contributed by atoms with van der Waals surface area (Å²) in [5.41, 5.74) is 6.72. The van der Waals surface area contributed by atoms with Gasteiger partial charge in [-0.3, -0.25) is 4.79 Å². The summed E-state index contributed by atoms with van der Waals surface area (Å²) >= 11 is 5.86. The maximum atomic E-state index is 10.9. The highest BCUT2D eigenvalue weighted by molar-refractivity contribution is 6.34. The minimum Gasteiger partial charge on any atom is -0.469 e. The average Bonchev–Trinajstić information content (AvgIpc) is 2.13. The number of halogens is 1. The second-order valence-electron chi connectivity index (χ2n) is 2.57. The zero-order valence-corrected chi connectivity index (χ0v) is 7.97. The Hall–Kier alpha value is -1.22. The predicted octanol–water partition coefficient (Wildman–Crippen LogP) is 1.64. The molecule has 0 atom stereocenters. The third-order valence-electron chi connectivity index (χ3n) is 1.67. The van der Waals surface area contributed by atoms with Crippen LogP contribution in [0.5, 0.6) is 0 Å². The maximum Gasteiger partial charge on any atom is 0.310 e. The van der Waals surface area contributed by atoms with Gasteiger partial charge in [-0.05, 0) is 11.6 Å². The number of methoxy groups -OCH3 is 1. The van der Waals surface area contributed by atoms with Crippen molar-refractivity contribution in [3.05, 3.63) is 28.8 Å². The van der Waals surface area contributed by atoms with Crippen LogP contribution in [0.4, 0.5) is 5.69 Å². The van der Waals surface area contributed by atoms with Gasteiger partial charge in [-0.2, -0.15) is 0 Å². The van der Waals surface area contributed by atoms with E-state index in [1.165, 1.54) is 7.11 Å². The van der Waals surface area contributed by atoms with Crippen molar-refractivity contribution in [2.75, 3.05) is 12.8 Å². The number of benzene rings is 1. The molecule has 1 aromatic rings. The minimum atomic E-state index is -0.326. The van der Waals surface area contributed by atoms with Gasteiger partial charge in [0.05, 0.1) is 24.2 Å². The first-order valence-corrected chi connectivity index (χ1v) is 4.12. The van der Waals surface area contributed by atoms with Crippen LogP contribution in [0.1, 0.15) is 5.56 Å². The van der Waals surface area contributed by atoms with Crippen molar-refractivity contribution in [2.45, 2.75) is 6.42 Å². The number of nitrogen functional groups attached to an aromatic ring is 1. The van der Waals surface area contributed by atoms with E-state index < -0.39 is 0 Å². The molecule has 0 unspecified atom stereocenters. The van der Waals surface area contributed by atoms with E-state index in [0.717, 1.165) is 0 Å². The second-order valence-corrected chi connectivity index (χ2v) is 2.95. The van der Waals surface area contributed by atoms with Gasteiger partial charge in [0.15, 0.2) is 0 Å². The standard InChI is InChI=1S/C9H10ClNO2/c1-13-8(12)5-6-3-2-4-7(11)9(6)10/h2-4H,5,11H2,1H3. The zero-order valence-electron chi connectivity index (χ0n) is 7.21. The molecule has 0 aliphatic carbocycles. The molecule has 0 radical (unpaired) electrons. The average molecular weight is 200 g/mol. The lowest BCUT2D eigenvalue weighted by Gasteiger charge is -2.04. The number of ether oxygens (including phenoxy) is 1. The van der Waals surface area contributed by atoms with Crippen LogP contribution < -0.4 is 5.73 Å². The number of esters is 1. The monoisotopic (exact) mass is 199 g/mol. The van der Waals surface area contributed by atoms with Gasteiger partial charge in [0.2, 0.25) is 0 Å². The van der Waals surface area contributed by atoms with Gasteiger partial charge >= 0.3 is 5.97 Å². The molecule has 0 aromatic heterocycles. The summed E-state index contributed by atoms with van der Waals surface area (Å²) in [6.07, 6.45) is 0.153. The lowest BCUT2D eigenvalue weighted by atomic mass is 10.1. The third kappa shape index (κ3) is 2.36. The zero-order chi connectivity index (χ0) is 9.84. The van der Waals surface area contributed by atoms with Crippen LogP contribution in [0.3, 0.4) is 0 Å². The normalized spacial score (nSPS) is 9.69. The van der Waals surface area contributed by atoms with Gasteiger partial charge in [0.25, 0.3) is 0 Å². The fourth-order valence-corrected chi connectivity index (χ4v) is 1.16. The predicted molar refractivity (Wildman–Crippen MR) is 51.6 cm³/mol. The SMILES string of the molecule is COC(=O)Cc1cccc(N)c1Cl. The molecule has 0 saturated heterocycles. The van der Waals surface area contributed by atoms with Gasteiger partial charge in [0, 0.05) is 0 Å². The Bertz CT molecular complexity index is 325. The van der Waals surface area contributed by atoms with Crippen molar-refractivity contribution < 1.29 is 9.53 Å². The van der Waals surface area contributed by atoms with E-state index in [4.69, 9.17) is 17.3 Å². The highest BCUT2D eigenvalue weighted by Crippen LogP contribution is 2.23. The van der Waals surface area contributed by atoms with Crippen molar-refractivity contribution in [1.82, 2.24) is 0 Å². The molecule has 0 heterocycles. The summed E-state index contributed by atoms with van der Waals surface area (Å²) in [5, 5.41) is 0.424. The number of carbonyl (C=O) groups is 1. The van der Waals surface area contributed by atoms with Crippen molar-refractivity contribution in [2.24, 2.45) is 0 Å². The van der Waals surface area contributed by atoms with E-state index in [-0.39, 0.29) is 12.4 Å². The van der Waals surface area contributed by atoms with Crippen LogP contribution in [0.15, 0.2) is 18.2 Å². The molecule has 0 amide bonds. The van der Waals surface area contributed by atoms with Gasteiger partial charge in [-0.25, -0.2) is 0 Å². The Kier molecular flexibility index (Phi) is 3.14. The molecule has 0 aliphatic rings. The van der Waals surface area contributed by atoms with Crippen molar-refractivity contribution in [3.63, 3.8) is 0 Å². The topological polar surface area (TPSA) is 52.3 Å². The highest BCUT2D eigenvalue weighted by atomic mass is 35.5. The molecule has 0 aliphatic heterocycles. The molecule has 2 N–H and O–H groups in total. The van der Waals surface area contributed by atoms with E-state index in [9.17, 15) is 4.79 Å². The summed E-state index contributed by atoms with van der Waals surface area (Å²) < 4.78 is 4.51. The number of anilines is 1. The summed E-state index contributed by atoms with van der Waals surface area (Å²) in [6, 6.07) is 5.18. The third-order valence-corrected chi connectivity index (χ3v) is 2.13. The van der Waals surface area contributed by atoms with E-state index in [2.05, 4.69) is 4.74 Å². The first kappa shape index (κ1) is 9.86. The van der Waals surface area contributed by atoms with E-state index in [0.29, 0.717) is 16.3 Å². The molecule has 13 heavy (non-hydrogen) atoms. The lowest BCUT2D eigenvalue weighted by molar-refractivity contribution is -0.139. The molecular formula is C9H10ClNO2. The molecule has 70 valence electrons. The van der Waals surface area contributed by atoms with Crippen LogP contribution in [0.2, 0.25) is 5.02 Å². The van der Waals surface area contributed by atoms with Gasteiger partial charge in [-0.15, -0.1) is 0 Å². The summed E-state index contributed by atoms with van der Waals surface area (Å²) in [6.45, 7) is 0. The Morgan fingerprint density at radius 2 is 2.31 bits per heavy atom. The number of rotatable bonds is 2. The molecule has 0 bridgehead atoms. The van der Waals surface area contributed by atoms with E-state index in [1.807, 2.05) is 0 Å². The van der Waals surface area contributed by atoms with Gasteiger partial charge < -0.3 is 10.5 Å². The van der Waals surface area contributed by atoms with Crippen LogP contribution in [-0.2, 0) is 16.0 Å². The number of nitrogens with two attached hydrogens (primary N) is 1. The first-order chi connectivity index (χ1) is 6.15. The largest absolute Gasteiger partial charge is 0.469 e. The lowest BCUT2D eigenvalue weighted by Crippen LogP contribution is -2.05. The van der Waals surface area contributed by atoms with E-state index >= 15 is 0 Å². The molecule has 0 spiro atoms.